The van der Waals surface area contributed by atoms with Crippen LogP contribution in [0.25, 0.3) is 11.1 Å². The van der Waals surface area contributed by atoms with Gasteiger partial charge in [0.1, 0.15) is 18.5 Å². The van der Waals surface area contributed by atoms with Gasteiger partial charge in [0, 0.05) is 25.2 Å². The van der Waals surface area contributed by atoms with Gasteiger partial charge < -0.3 is 49.4 Å². The quantitative estimate of drug-likeness (QED) is 0.181. The minimum absolute atomic E-state index is 0.158. The Hall–Kier alpha value is -5.30. The standard InChI is InChI=1S/C37H37N3O9/c1-45-32-20-24(4-11-31(32)48-21-33-34(41)35(42)37(44)49-33)23-3-9-27-29(19-23)38-28-10-2-22(18-30(28)39-36(27)43)12-15-47-26-7-5-25(6-8-26)40-13-16-46-17-14-40/h2-11,18-20,33-35,38,41-42H,12-17,21H2,1H3,(H,39,43)/t33-,34-,35-/m1/s1. The second kappa shape index (κ2) is 14.0. The molecule has 12 nitrogen and oxygen atoms in total. The molecule has 2 fully saturated rings. The van der Waals surface area contributed by atoms with E-state index in [1.54, 1.807) is 18.2 Å². The lowest BCUT2D eigenvalue weighted by atomic mass is 10.0. The fraction of sp³-hybridized carbons (Fsp3) is 0.297. The van der Waals surface area contributed by atoms with Crippen molar-refractivity contribution in [1.82, 2.24) is 0 Å². The van der Waals surface area contributed by atoms with Crippen LogP contribution in [0.2, 0.25) is 0 Å². The summed E-state index contributed by atoms with van der Waals surface area (Å²) in [5.41, 5.74) is 6.46. The van der Waals surface area contributed by atoms with Crippen molar-refractivity contribution >= 4 is 34.6 Å². The highest BCUT2D eigenvalue weighted by molar-refractivity contribution is 6.12. The molecule has 4 N–H and O–H groups in total. The number of amides is 1. The van der Waals surface area contributed by atoms with Gasteiger partial charge in [0.25, 0.3) is 5.91 Å². The molecule has 254 valence electrons. The number of fused-ring (bicyclic) bond motifs is 2. The third-order valence-corrected chi connectivity index (χ3v) is 8.85. The van der Waals surface area contributed by atoms with Crippen molar-refractivity contribution < 1.29 is 43.5 Å². The number of anilines is 4. The summed E-state index contributed by atoms with van der Waals surface area (Å²) in [7, 11) is 1.50. The number of hydrogen-bond donors (Lipinski definition) is 4. The molecule has 0 bridgehead atoms. The maximum absolute atomic E-state index is 13.3. The van der Waals surface area contributed by atoms with Gasteiger partial charge in [-0.25, -0.2) is 4.79 Å². The number of hydrogen-bond acceptors (Lipinski definition) is 11. The number of methoxy groups -OCH3 is 1. The van der Waals surface area contributed by atoms with Crippen molar-refractivity contribution in [3.8, 4) is 28.4 Å². The van der Waals surface area contributed by atoms with Crippen LogP contribution in [-0.2, 0) is 20.7 Å². The van der Waals surface area contributed by atoms with Crippen molar-refractivity contribution in [3.05, 3.63) is 90.0 Å². The maximum atomic E-state index is 13.3. The number of nitrogens with zero attached hydrogens (tertiary/aromatic N) is 1. The zero-order valence-electron chi connectivity index (χ0n) is 26.9. The molecule has 3 aliphatic rings. The fourth-order valence-electron chi connectivity index (χ4n) is 6.08. The summed E-state index contributed by atoms with van der Waals surface area (Å²) in [5, 5.41) is 26.1. The lowest BCUT2D eigenvalue weighted by molar-refractivity contribution is -0.148. The number of esters is 1. The van der Waals surface area contributed by atoms with E-state index in [1.165, 1.54) is 7.11 Å². The molecule has 4 aromatic rings. The number of aliphatic hydroxyl groups excluding tert-OH is 2. The number of carbonyl (C=O) groups excluding carboxylic acids is 2. The van der Waals surface area contributed by atoms with Gasteiger partial charge in [-0.2, -0.15) is 0 Å². The van der Waals surface area contributed by atoms with E-state index < -0.39 is 24.3 Å². The monoisotopic (exact) mass is 667 g/mol. The number of benzene rings is 4. The van der Waals surface area contributed by atoms with Crippen molar-refractivity contribution in [2.45, 2.75) is 24.7 Å². The fourth-order valence-corrected chi connectivity index (χ4v) is 6.08. The highest BCUT2D eigenvalue weighted by Gasteiger charge is 2.43. The molecule has 0 spiro atoms. The molecular weight excluding hydrogens is 630 g/mol. The Labute approximate surface area is 283 Å². The van der Waals surface area contributed by atoms with E-state index in [-0.39, 0.29) is 12.5 Å². The van der Waals surface area contributed by atoms with Crippen LogP contribution in [-0.4, -0.2) is 87.0 Å². The molecule has 0 aromatic heterocycles. The van der Waals surface area contributed by atoms with Crippen molar-refractivity contribution in [2.24, 2.45) is 0 Å². The van der Waals surface area contributed by atoms with Crippen molar-refractivity contribution in [1.29, 1.82) is 0 Å². The smallest absolute Gasteiger partial charge is 0.338 e. The van der Waals surface area contributed by atoms with Crippen LogP contribution in [0.3, 0.4) is 0 Å². The summed E-state index contributed by atoms with van der Waals surface area (Å²) in [6, 6.07) is 24.9. The van der Waals surface area contributed by atoms with Crippen molar-refractivity contribution in [3.63, 3.8) is 0 Å². The van der Waals surface area contributed by atoms with Gasteiger partial charge in [0.05, 0.1) is 49.6 Å². The molecule has 3 aliphatic heterocycles. The number of nitrogens with one attached hydrogen (secondary N) is 2. The molecule has 4 aromatic carbocycles. The van der Waals surface area contributed by atoms with Gasteiger partial charge in [-0.1, -0.05) is 18.2 Å². The van der Waals surface area contributed by atoms with E-state index in [4.69, 9.17) is 23.7 Å². The van der Waals surface area contributed by atoms with Crippen LogP contribution in [0, 0.1) is 0 Å². The third-order valence-electron chi connectivity index (χ3n) is 8.85. The van der Waals surface area contributed by atoms with E-state index in [0.29, 0.717) is 41.5 Å². The Morgan fingerprint density at radius 1 is 0.816 bits per heavy atom. The normalized spacial score (nSPS) is 19.9. The molecule has 49 heavy (non-hydrogen) atoms. The van der Waals surface area contributed by atoms with E-state index in [1.807, 2.05) is 48.5 Å². The lowest BCUT2D eigenvalue weighted by Crippen LogP contribution is -2.36. The summed E-state index contributed by atoms with van der Waals surface area (Å²) in [6.45, 7) is 3.60. The van der Waals surface area contributed by atoms with Crippen molar-refractivity contribution in [2.75, 3.05) is 62.2 Å². The number of morpholine rings is 1. The maximum Gasteiger partial charge on any atom is 0.338 e. The second-order valence-electron chi connectivity index (χ2n) is 12.0. The van der Waals surface area contributed by atoms with E-state index >= 15 is 0 Å². The van der Waals surface area contributed by atoms with Crippen LogP contribution >= 0.6 is 0 Å². The first-order chi connectivity index (χ1) is 23.9. The first-order valence-electron chi connectivity index (χ1n) is 16.1. The topological polar surface area (TPSA) is 148 Å². The highest BCUT2D eigenvalue weighted by Crippen LogP contribution is 2.38. The van der Waals surface area contributed by atoms with E-state index in [2.05, 4.69) is 27.7 Å². The van der Waals surface area contributed by atoms with Crippen LogP contribution < -0.4 is 29.7 Å². The van der Waals surface area contributed by atoms with Gasteiger partial charge in [-0.3, -0.25) is 4.79 Å². The zero-order valence-corrected chi connectivity index (χ0v) is 26.9. The molecule has 3 atom stereocenters. The minimum atomic E-state index is -1.59. The molecule has 7 rings (SSSR count). The number of rotatable bonds is 10. The number of cyclic esters (lactones) is 1. The highest BCUT2D eigenvalue weighted by atomic mass is 16.6. The van der Waals surface area contributed by atoms with Crippen LogP contribution in [0.1, 0.15) is 15.9 Å². The molecular formula is C37H37N3O9. The number of carbonyl (C=O) groups is 2. The molecule has 12 heteroatoms. The predicted molar refractivity (Wildman–Crippen MR) is 182 cm³/mol. The molecule has 0 saturated carbocycles. The Kier molecular flexibility index (Phi) is 9.25. The van der Waals surface area contributed by atoms with Crippen LogP contribution in [0.5, 0.6) is 17.2 Å². The Morgan fingerprint density at radius 3 is 2.35 bits per heavy atom. The second-order valence-corrected chi connectivity index (χ2v) is 12.0. The van der Waals surface area contributed by atoms with Gasteiger partial charge in [0.15, 0.2) is 23.7 Å². The Bertz CT molecular complexity index is 1840. The van der Waals surface area contributed by atoms with Gasteiger partial charge in [0.2, 0.25) is 0 Å². The minimum Gasteiger partial charge on any atom is -0.493 e. The molecule has 0 aliphatic carbocycles. The third kappa shape index (κ3) is 6.98. The zero-order chi connectivity index (χ0) is 33.9. The average Bonchev–Trinajstić information content (AvgIpc) is 3.28. The number of aliphatic hydroxyl groups is 2. The largest absolute Gasteiger partial charge is 0.493 e. The molecule has 1 amide bonds. The Morgan fingerprint density at radius 2 is 1.59 bits per heavy atom. The van der Waals surface area contributed by atoms with Gasteiger partial charge in [-0.15, -0.1) is 0 Å². The van der Waals surface area contributed by atoms with Crippen LogP contribution in [0.15, 0.2) is 78.9 Å². The Balaban J connectivity index is 0.999. The lowest BCUT2D eigenvalue weighted by Gasteiger charge is -2.28. The molecule has 2 saturated heterocycles. The first-order valence-corrected chi connectivity index (χ1v) is 16.1. The predicted octanol–water partition coefficient (Wildman–Crippen LogP) is 4.16. The summed E-state index contributed by atoms with van der Waals surface area (Å²) < 4.78 is 27.7. The first kappa shape index (κ1) is 32.3. The van der Waals surface area contributed by atoms with Gasteiger partial charge in [-0.05, 0) is 77.4 Å². The summed E-state index contributed by atoms with van der Waals surface area (Å²) >= 11 is 0. The number of ether oxygens (including phenoxy) is 5. The molecule has 0 radical (unpaired) electrons. The average molecular weight is 668 g/mol. The van der Waals surface area contributed by atoms with E-state index in [0.717, 1.165) is 60.1 Å². The molecule has 3 heterocycles. The summed E-state index contributed by atoms with van der Waals surface area (Å²) in [4.78, 5) is 27.1. The van der Waals surface area contributed by atoms with Gasteiger partial charge >= 0.3 is 5.97 Å². The van der Waals surface area contributed by atoms with E-state index in [9.17, 15) is 19.8 Å². The summed E-state index contributed by atoms with van der Waals surface area (Å²) in [6.07, 6.45) is -3.29. The van der Waals surface area contributed by atoms with Crippen LogP contribution in [0.4, 0.5) is 22.7 Å². The summed E-state index contributed by atoms with van der Waals surface area (Å²) in [5.74, 6) is 0.501. The molecule has 0 unspecified atom stereocenters. The SMILES string of the molecule is COc1cc(-c2ccc3c(c2)Nc2ccc(CCOc4ccc(N5CCOCC5)cc4)cc2NC3=O)ccc1OC[C@H]1OC(=O)[C@H](O)[C@@H]1O.